The summed E-state index contributed by atoms with van der Waals surface area (Å²) in [6, 6.07) is 9.63. The molecule has 1 saturated heterocycles. The highest BCUT2D eigenvalue weighted by atomic mass is 19.4. The van der Waals surface area contributed by atoms with Gasteiger partial charge in [0, 0.05) is 5.69 Å². The van der Waals surface area contributed by atoms with E-state index >= 15 is 0 Å². The van der Waals surface area contributed by atoms with Crippen LogP contribution in [0.4, 0.5) is 29.3 Å². The Morgan fingerprint density at radius 2 is 1.72 bits per heavy atom. The van der Waals surface area contributed by atoms with E-state index in [-0.39, 0.29) is 12.2 Å². The lowest BCUT2D eigenvalue weighted by atomic mass is 10.1. The Bertz CT molecular complexity index is 931. The van der Waals surface area contributed by atoms with Gasteiger partial charge in [-0.25, -0.2) is 4.79 Å². The Morgan fingerprint density at radius 1 is 1.03 bits per heavy atom. The standard InChI is InChI=1S/C18H15F3N4O4/c19-18(20,21)10-5-7-11(8-6-10)22-13-4-2-1-3-12(13)15(26)24-25-16(27)14-9-29-17(28)23-14/h1-8,14,22H,9H2,(H,23,28)(H,24,26)(H,25,27)/t14-/m1/s1. The zero-order chi connectivity index (χ0) is 21.0. The Kier molecular flexibility index (Phi) is 5.57. The Hall–Kier alpha value is -3.76. The van der Waals surface area contributed by atoms with Gasteiger partial charge in [0.2, 0.25) is 0 Å². The van der Waals surface area contributed by atoms with Crippen LogP contribution in [-0.4, -0.2) is 30.6 Å². The van der Waals surface area contributed by atoms with Crippen LogP contribution in [0.2, 0.25) is 0 Å². The lowest BCUT2D eigenvalue weighted by molar-refractivity contribution is -0.137. The van der Waals surface area contributed by atoms with E-state index in [1.54, 1.807) is 18.2 Å². The number of cyclic esters (lactones) is 1. The quantitative estimate of drug-likeness (QED) is 0.581. The van der Waals surface area contributed by atoms with Crippen LogP contribution in [0, 0.1) is 0 Å². The molecule has 2 aromatic carbocycles. The third kappa shape index (κ3) is 4.94. The van der Waals surface area contributed by atoms with Crippen molar-refractivity contribution in [1.29, 1.82) is 0 Å². The molecule has 1 aliphatic heterocycles. The maximum Gasteiger partial charge on any atom is 0.416 e. The highest BCUT2D eigenvalue weighted by Crippen LogP contribution is 2.30. The molecule has 152 valence electrons. The van der Waals surface area contributed by atoms with Gasteiger partial charge in [0.05, 0.1) is 16.8 Å². The number of hydrogen-bond donors (Lipinski definition) is 4. The van der Waals surface area contributed by atoms with Crippen molar-refractivity contribution in [3.8, 4) is 0 Å². The zero-order valence-electron chi connectivity index (χ0n) is 14.7. The molecule has 0 radical (unpaired) electrons. The summed E-state index contributed by atoms with van der Waals surface area (Å²) >= 11 is 0. The number of halogens is 3. The smallest absolute Gasteiger partial charge is 0.416 e. The maximum atomic E-state index is 12.7. The van der Waals surface area contributed by atoms with Crippen molar-refractivity contribution in [2.75, 3.05) is 11.9 Å². The summed E-state index contributed by atoms with van der Waals surface area (Å²) in [5.41, 5.74) is 4.39. The van der Waals surface area contributed by atoms with Crippen LogP contribution in [0.15, 0.2) is 48.5 Å². The predicted octanol–water partition coefficient (Wildman–Crippen LogP) is 2.32. The van der Waals surface area contributed by atoms with Crippen LogP contribution in [-0.2, 0) is 15.7 Å². The molecule has 1 fully saturated rings. The molecule has 1 heterocycles. The third-order valence-electron chi connectivity index (χ3n) is 3.95. The second-order valence-corrected chi connectivity index (χ2v) is 5.98. The van der Waals surface area contributed by atoms with E-state index in [1.807, 2.05) is 0 Å². The molecular formula is C18H15F3N4O4. The minimum Gasteiger partial charge on any atom is -0.447 e. The Labute approximate surface area is 162 Å². The van der Waals surface area contributed by atoms with Gasteiger partial charge in [-0.05, 0) is 36.4 Å². The van der Waals surface area contributed by atoms with Crippen molar-refractivity contribution in [2.45, 2.75) is 12.2 Å². The van der Waals surface area contributed by atoms with Crippen molar-refractivity contribution in [3.63, 3.8) is 0 Å². The minimum atomic E-state index is -4.45. The fourth-order valence-corrected chi connectivity index (χ4v) is 2.49. The first kappa shape index (κ1) is 20.0. The molecule has 0 saturated carbocycles. The normalized spacial score (nSPS) is 15.8. The summed E-state index contributed by atoms with van der Waals surface area (Å²) in [6.07, 6.45) is -5.18. The fourth-order valence-electron chi connectivity index (χ4n) is 2.49. The van der Waals surface area contributed by atoms with Crippen molar-refractivity contribution in [3.05, 3.63) is 59.7 Å². The number of ether oxygens (including phenoxy) is 1. The summed E-state index contributed by atoms with van der Waals surface area (Å²) in [4.78, 5) is 35.2. The largest absolute Gasteiger partial charge is 0.447 e. The Morgan fingerprint density at radius 3 is 2.34 bits per heavy atom. The number of anilines is 2. The average Bonchev–Trinajstić information content (AvgIpc) is 3.12. The molecule has 11 heteroatoms. The van der Waals surface area contributed by atoms with Crippen LogP contribution in [0.3, 0.4) is 0 Å². The average molecular weight is 408 g/mol. The van der Waals surface area contributed by atoms with Crippen LogP contribution < -0.4 is 21.5 Å². The molecule has 1 atom stereocenters. The number of rotatable bonds is 4. The van der Waals surface area contributed by atoms with Crippen LogP contribution >= 0.6 is 0 Å². The van der Waals surface area contributed by atoms with Crippen LogP contribution in [0.25, 0.3) is 0 Å². The molecule has 0 bridgehead atoms. The van der Waals surface area contributed by atoms with E-state index in [4.69, 9.17) is 0 Å². The number of nitrogens with one attached hydrogen (secondary N) is 4. The molecule has 3 amide bonds. The lowest BCUT2D eigenvalue weighted by Crippen LogP contribution is -2.50. The minimum absolute atomic E-state index is 0.138. The molecule has 0 unspecified atom stereocenters. The monoisotopic (exact) mass is 408 g/mol. The van der Waals surface area contributed by atoms with Gasteiger partial charge in [0.25, 0.3) is 11.8 Å². The van der Waals surface area contributed by atoms with Gasteiger partial charge in [-0.1, -0.05) is 12.1 Å². The van der Waals surface area contributed by atoms with Crippen LogP contribution in [0.5, 0.6) is 0 Å². The number of carbonyl (C=O) groups excluding carboxylic acids is 3. The van der Waals surface area contributed by atoms with E-state index in [1.165, 1.54) is 18.2 Å². The maximum absolute atomic E-state index is 12.7. The second-order valence-electron chi connectivity index (χ2n) is 5.98. The van der Waals surface area contributed by atoms with Crippen molar-refractivity contribution in [2.24, 2.45) is 0 Å². The first-order valence-electron chi connectivity index (χ1n) is 8.31. The topological polar surface area (TPSA) is 109 Å². The van der Waals surface area contributed by atoms with Gasteiger partial charge in [-0.15, -0.1) is 0 Å². The SMILES string of the molecule is O=C1N[C@@H](C(=O)NNC(=O)c2ccccc2Nc2ccc(C(F)(F)F)cc2)CO1. The molecule has 0 spiro atoms. The van der Waals surface area contributed by atoms with Gasteiger partial charge < -0.3 is 15.4 Å². The third-order valence-corrected chi connectivity index (χ3v) is 3.95. The van der Waals surface area contributed by atoms with E-state index < -0.39 is 35.7 Å². The van der Waals surface area contributed by atoms with Gasteiger partial charge in [0.15, 0.2) is 0 Å². The van der Waals surface area contributed by atoms with E-state index in [2.05, 4.69) is 26.2 Å². The van der Waals surface area contributed by atoms with Gasteiger partial charge >= 0.3 is 12.3 Å². The van der Waals surface area contributed by atoms with Gasteiger partial charge in [-0.2, -0.15) is 13.2 Å². The summed E-state index contributed by atoms with van der Waals surface area (Å²) in [7, 11) is 0. The van der Waals surface area contributed by atoms with Crippen molar-refractivity contribution in [1.82, 2.24) is 16.2 Å². The Balaban J connectivity index is 1.66. The first-order valence-corrected chi connectivity index (χ1v) is 8.31. The molecule has 4 N–H and O–H groups in total. The van der Waals surface area contributed by atoms with Crippen LogP contribution in [0.1, 0.15) is 15.9 Å². The molecule has 8 nitrogen and oxygen atoms in total. The first-order chi connectivity index (χ1) is 13.7. The number of benzene rings is 2. The highest BCUT2D eigenvalue weighted by molar-refractivity contribution is 6.01. The van der Waals surface area contributed by atoms with Gasteiger partial charge in [-0.3, -0.25) is 20.4 Å². The number of alkyl carbamates (subject to hydrolysis) is 1. The molecular weight excluding hydrogens is 393 g/mol. The fraction of sp³-hybridized carbons (Fsp3) is 0.167. The van der Waals surface area contributed by atoms with Crippen molar-refractivity contribution >= 4 is 29.3 Å². The number of carbonyl (C=O) groups is 3. The van der Waals surface area contributed by atoms with E-state index in [0.717, 1.165) is 12.1 Å². The molecule has 29 heavy (non-hydrogen) atoms. The number of amides is 3. The summed E-state index contributed by atoms with van der Waals surface area (Å²) < 4.78 is 42.6. The predicted molar refractivity (Wildman–Crippen MR) is 95.0 cm³/mol. The lowest BCUT2D eigenvalue weighted by Gasteiger charge is -2.14. The number of hydrogen-bond acceptors (Lipinski definition) is 5. The number of hydrazine groups is 1. The zero-order valence-corrected chi connectivity index (χ0v) is 14.7. The molecule has 2 aromatic rings. The summed E-state index contributed by atoms with van der Waals surface area (Å²) in [5.74, 6) is -1.34. The number of alkyl halides is 3. The van der Waals surface area contributed by atoms with Crippen molar-refractivity contribution < 1.29 is 32.3 Å². The second kappa shape index (κ2) is 8.09. The van der Waals surface area contributed by atoms with E-state index in [9.17, 15) is 27.6 Å². The summed E-state index contributed by atoms with van der Waals surface area (Å²) in [6.45, 7) is -0.160. The molecule has 1 aliphatic rings. The van der Waals surface area contributed by atoms with E-state index in [0.29, 0.717) is 11.4 Å². The highest BCUT2D eigenvalue weighted by Gasteiger charge is 2.30. The molecule has 0 aliphatic carbocycles. The molecule has 0 aromatic heterocycles. The summed E-state index contributed by atoms with van der Waals surface area (Å²) in [5, 5.41) is 5.12. The molecule has 3 rings (SSSR count). The number of para-hydroxylation sites is 1. The van der Waals surface area contributed by atoms with Gasteiger partial charge in [0.1, 0.15) is 12.6 Å².